The molecule has 2 nitrogen and oxygen atoms in total. The minimum absolute atomic E-state index is 0.0427. The third-order valence-corrected chi connectivity index (χ3v) is 3.23. The molecule has 0 unspecified atom stereocenters. The van der Waals surface area contributed by atoms with E-state index in [0.29, 0.717) is 11.1 Å². The minimum atomic E-state index is 0.0427. The van der Waals surface area contributed by atoms with Gasteiger partial charge in [0.2, 0.25) is 0 Å². The topological polar surface area (TPSA) is 20.3 Å². The minimum Gasteiger partial charge on any atom is -0.364 e. The highest BCUT2D eigenvalue weighted by Gasteiger charge is 2.09. The van der Waals surface area contributed by atoms with Crippen molar-refractivity contribution in [1.82, 2.24) is 0 Å². The Morgan fingerprint density at radius 3 is 1.90 bits per heavy atom. The molecule has 0 fully saturated rings. The van der Waals surface area contributed by atoms with Crippen molar-refractivity contribution >= 4 is 11.5 Å². The van der Waals surface area contributed by atoms with Crippen molar-refractivity contribution in [3.05, 3.63) is 91.0 Å². The zero-order valence-electron chi connectivity index (χ0n) is 12.0. The van der Waals surface area contributed by atoms with Gasteiger partial charge in [0, 0.05) is 29.9 Å². The van der Waals surface area contributed by atoms with Crippen LogP contribution in [-0.4, -0.2) is 18.9 Å². The second kappa shape index (κ2) is 7.25. The summed E-state index contributed by atoms with van der Waals surface area (Å²) in [6.45, 7) is 9.02. The molecule has 0 saturated carbocycles. The Hall–Kier alpha value is -2.61. The van der Waals surface area contributed by atoms with E-state index in [9.17, 15) is 4.79 Å². The lowest BCUT2D eigenvalue weighted by Crippen LogP contribution is -2.23. The summed E-state index contributed by atoms with van der Waals surface area (Å²) in [5.74, 6) is 0.0427. The molecule has 0 aliphatic rings. The molecule has 2 rings (SSSR count). The van der Waals surface area contributed by atoms with Gasteiger partial charge in [0.05, 0.1) is 0 Å². The molecule has 2 aromatic carbocycles. The van der Waals surface area contributed by atoms with E-state index in [1.165, 1.54) is 0 Å². The van der Waals surface area contributed by atoms with Gasteiger partial charge in [-0.3, -0.25) is 4.79 Å². The summed E-state index contributed by atoms with van der Waals surface area (Å²) in [5.41, 5.74) is 2.46. The molecule has 0 heterocycles. The maximum Gasteiger partial charge on any atom is 0.193 e. The SMILES string of the molecule is C=CCN(CC=C)c1ccc(C(=O)c2ccccc2)cc1. The van der Waals surface area contributed by atoms with Crippen molar-refractivity contribution < 1.29 is 4.79 Å². The molecular formula is C19H19NO. The zero-order valence-corrected chi connectivity index (χ0v) is 12.0. The van der Waals surface area contributed by atoms with Crippen LogP contribution >= 0.6 is 0 Å². The number of nitrogens with zero attached hydrogens (tertiary/aromatic N) is 1. The van der Waals surface area contributed by atoms with E-state index in [1.54, 1.807) is 0 Å². The summed E-state index contributed by atoms with van der Waals surface area (Å²) in [6, 6.07) is 17.0. The van der Waals surface area contributed by atoms with Crippen molar-refractivity contribution in [2.45, 2.75) is 0 Å². The normalized spacial score (nSPS) is 9.90. The number of hydrogen-bond donors (Lipinski definition) is 0. The van der Waals surface area contributed by atoms with Crippen molar-refractivity contribution in [2.75, 3.05) is 18.0 Å². The largest absolute Gasteiger partial charge is 0.364 e. The summed E-state index contributed by atoms with van der Waals surface area (Å²) in [5, 5.41) is 0. The van der Waals surface area contributed by atoms with Crippen LogP contribution in [0.25, 0.3) is 0 Å². The van der Waals surface area contributed by atoms with Gasteiger partial charge in [-0.15, -0.1) is 13.2 Å². The molecule has 0 amide bonds. The number of ketones is 1. The number of benzene rings is 2. The number of carbonyl (C=O) groups excluding carboxylic acids is 1. The Morgan fingerprint density at radius 2 is 1.38 bits per heavy atom. The van der Waals surface area contributed by atoms with E-state index in [0.717, 1.165) is 18.8 Å². The molecule has 0 atom stereocenters. The fourth-order valence-electron chi connectivity index (χ4n) is 2.18. The first-order chi connectivity index (χ1) is 10.3. The molecule has 0 bridgehead atoms. The Balaban J connectivity index is 2.20. The summed E-state index contributed by atoms with van der Waals surface area (Å²) in [4.78, 5) is 14.5. The van der Waals surface area contributed by atoms with Crippen LogP contribution in [0, 0.1) is 0 Å². The van der Waals surface area contributed by atoms with Crippen LogP contribution in [0.5, 0.6) is 0 Å². The van der Waals surface area contributed by atoms with Gasteiger partial charge in [0.25, 0.3) is 0 Å². The summed E-state index contributed by atoms with van der Waals surface area (Å²) in [7, 11) is 0. The van der Waals surface area contributed by atoms with Crippen LogP contribution in [-0.2, 0) is 0 Å². The quantitative estimate of drug-likeness (QED) is 0.561. The van der Waals surface area contributed by atoms with Crippen molar-refractivity contribution in [1.29, 1.82) is 0 Å². The van der Waals surface area contributed by atoms with Gasteiger partial charge in [-0.25, -0.2) is 0 Å². The van der Waals surface area contributed by atoms with E-state index in [1.807, 2.05) is 66.7 Å². The fraction of sp³-hybridized carbons (Fsp3) is 0.105. The van der Waals surface area contributed by atoms with E-state index in [4.69, 9.17) is 0 Å². The van der Waals surface area contributed by atoms with Crippen molar-refractivity contribution in [2.24, 2.45) is 0 Å². The lowest BCUT2D eigenvalue weighted by atomic mass is 10.0. The van der Waals surface area contributed by atoms with Crippen LogP contribution in [0.2, 0.25) is 0 Å². The molecule has 21 heavy (non-hydrogen) atoms. The average Bonchev–Trinajstić information content (AvgIpc) is 2.55. The number of anilines is 1. The predicted molar refractivity (Wildman–Crippen MR) is 88.9 cm³/mol. The maximum absolute atomic E-state index is 12.3. The Labute approximate surface area is 126 Å². The van der Waals surface area contributed by atoms with Crippen molar-refractivity contribution in [3.63, 3.8) is 0 Å². The first-order valence-electron chi connectivity index (χ1n) is 6.93. The third kappa shape index (κ3) is 3.69. The average molecular weight is 277 g/mol. The molecule has 0 saturated heterocycles. The van der Waals surface area contributed by atoms with E-state index < -0.39 is 0 Å². The molecule has 0 radical (unpaired) electrons. The molecule has 2 aromatic rings. The standard InChI is InChI=1S/C19H19NO/c1-3-14-20(15-4-2)18-12-10-17(11-13-18)19(21)16-8-6-5-7-9-16/h3-13H,1-2,14-15H2. The van der Waals surface area contributed by atoms with Gasteiger partial charge in [-0.1, -0.05) is 42.5 Å². The van der Waals surface area contributed by atoms with Gasteiger partial charge < -0.3 is 4.90 Å². The van der Waals surface area contributed by atoms with Crippen LogP contribution < -0.4 is 4.90 Å². The van der Waals surface area contributed by atoms with E-state index in [2.05, 4.69) is 18.1 Å². The summed E-state index contributed by atoms with van der Waals surface area (Å²) >= 11 is 0. The van der Waals surface area contributed by atoms with Gasteiger partial charge in [-0.2, -0.15) is 0 Å². The van der Waals surface area contributed by atoms with Gasteiger partial charge in [0.1, 0.15) is 0 Å². The first-order valence-corrected chi connectivity index (χ1v) is 6.93. The molecule has 0 aliphatic carbocycles. The van der Waals surface area contributed by atoms with Crippen LogP contribution in [0.4, 0.5) is 5.69 Å². The van der Waals surface area contributed by atoms with Gasteiger partial charge >= 0.3 is 0 Å². The Kier molecular flexibility index (Phi) is 5.10. The van der Waals surface area contributed by atoms with Gasteiger partial charge in [0.15, 0.2) is 5.78 Å². The lowest BCUT2D eigenvalue weighted by molar-refractivity contribution is 0.103. The highest BCUT2D eigenvalue weighted by molar-refractivity contribution is 6.09. The highest BCUT2D eigenvalue weighted by atomic mass is 16.1. The molecule has 106 valence electrons. The molecule has 2 heteroatoms. The van der Waals surface area contributed by atoms with Gasteiger partial charge in [-0.05, 0) is 24.3 Å². The monoisotopic (exact) mass is 277 g/mol. The van der Waals surface area contributed by atoms with E-state index >= 15 is 0 Å². The smallest absolute Gasteiger partial charge is 0.193 e. The lowest BCUT2D eigenvalue weighted by Gasteiger charge is -2.21. The fourth-order valence-corrected chi connectivity index (χ4v) is 2.18. The van der Waals surface area contributed by atoms with E-state index in [-0.39, 0.29) is 5.78 Å². The Morgan fingerprint density at radius 1 is 0.857 bits per heavy atom. The number of rotatable bonds is 7. The Bertz CT molecular complexity index is 604. The number of carbonyl (C=O) groups is 1. The zero-order chi connectivity index (χ0) is 15.1. The highest BCUT2D eigenvalue weighted by Crippen LogP contribution is 2.17. The van der Waals surface area contributed by atoms with Crippen LogP contribution in [0.3, 0.4) is 0 Å². The molecule has 0 aromatic heterocycles. The predicted octanol–water partition coefficient (Wildman–Crippen LogP) is 4.10. The molecule has 0 N–H and O–H groups in total. The van der Waals surface area contributed by atoms with Crippen LogP contribution in [0.15, 0.2) is 79.9 Å². The summed E-state index contributed by atoms with van der Waals surface area (Å²) in [6.07, 6.45) is 3.71. The maximum atomic E-state index is 12.3. The summed E-state index contributed by atoms with van der Waals surface area (Å²) < 4.78 is 0. The second-order valence-electron chi connectivity index (χ2n) is 4.72. The first kappa shape index (κ1) is 14.8. The van der Waals surface area contributed by atoms with Crippen LogP contribution in [0.1, 0.15) is 15.9 Å². The van der Waals surface area contributed by atoms with Crippen molar-refractivity contribution in [3.8, 4) is 0 Å². The molecule has 0 spiro atoms. The molecule has 0 aliphatic heterocycles. The third-order valence-electron chi connectivity index (χ3n) is 3.23. The number of hydrogen-bond acceptors (Lipinski definition) is 2. The second-order valence-corrected chi connectivity index (χ2v) is 4.72. The molecular weight excluding hydrogens is 258 g/mol.